The Balaban J connectivity index is 1.19. The first kappa shape index (κ1) is 31.6. The smallest absolute Gasteiger partial charge is 0.310 e. The summed E-state index contributed by atoms with van der Waals surface area (Å²) < 4.78 is 31.8. The number of carboxylic acids is 1. The maximum Gasteiger partial charge on any atom is 0.310 e. The molecule has 1 fully saturated rings. The molecule has 0 radical (unpaired) electrons. The Morgan fingerprint density at radius 2 is 1.62 bits per heavy atom. The van der Waals surface area contributed by atoms with Gasteiger partial charge in [0.05, 0.1) is 33.4 Å². The predicted molar refractivity (Wildman–Crippen MR) is 188 cm³/mol. The number of carbonyl (C=O) groups is 1. The van der Waals surface area contributed by atoms with E-state index < -0.39 is 21.2 Å². The quantitative estimate of drug-likeness (QED) is 0.152. The molecule has 244 valence electrons. The molecule has 1 aliphatic carbocycles. The molecule has 0 bridgehead atoms. The number of pyridine rings is 1. The van der Waals surface area contributed by atoms with Crippen molar-refractivity contribution in [2.45, 2.75) is 51.0 Å². The van der Waals surface area contributed by atoms with Gasteiger partial charge in [-0.25, -0.2) is 18.4 Å². The molecule has 7 rings (SSSR count). The number of hydrogen-bond acceptors (Lipinski definition) is 6. The summed E-state index contributed by atoms with van der Waals surface area (Å²) in [4.78, 5) is 22.3. The number of fused-ring (bicyclic) bond motifs is 2. The third kappa shape index (κ3) is 6.82. The van der Waals surface area contributed by atoms with Crippen LogP contribution in [0.2, 0.25) is 0 Å². The van der Waals surface area contributed by atoms with E-state index in [1.165, 1.54) is 6.26 Å². The van der Waals surface area contributed by atoms with Crippen LogP contribution in [0.3, 0.4) is 0 Å². The summed E-state index contributed by atoms with van der Waals surface area (Å²) in [6.07, 6.45) is 4.68. The summed E-state index contributed by atoms with van der Waals surface area (Å²) in [6, 6.07) is 33.7. The number of hydrogen-bond donors (Lipinski definition) is 1. The van der Waals surface area contributed by atoms with Crippen molar-refractivity contribution in [1.29, 1.82) is 0 Å². The lowest BCUT2D eigenvalue weighted by atomic mass is 9.82. The molecule has 0 saturated heterocycles. The van der Waals surface area contributed by atoms with E-state index in [2.05, 4.69) is 16.7 Å². The zero-order valence-electron chi connectivity index (χ0n) is 26.8. The van der Waals surface area contributed by atoms with E-state index >= 15 is 0 Å². The number of benzene rings is 4. The number of aliphatic carboxylic acids is 1. The molecule has 1 N–H and O–H groups in total. The Morgan fingerprint density at radius 1 is 0.833 bits per heavy atom. The monoisotopic (exact) mass is 659 g/mol. The van der Waals surface area contributed by atoms with Crippen molar-refractivity contribution >= 4 is 37.7 Å². The Bertz CT molecular complexity index is 2240. The lowest BCUT2D eigenvalue weighted by molar-refractivity contribution is -0.148. The van der Waals surface area contributed by atoms with E-state index in [4.69, 9.17) is 14.7 Å². The lowest BCUT2D eigenvalue weighted by Gasteiger charge is -2.24. The van der Waals surface area contributed by atoms with E-state index in [0.29, 0.717) is 38.2 Å². The first-order valence-electron chi connectivity index (χ1n) is 16.2. The molecular formula is C39H37N3O5S. The van der Waals surface area contributed by atoms with Crippen molar-refractivity contribution in [3.63, 3.8) is 0 Å². The van der Waals surface area contributed by atoms with Gasteiger partial charge in [-0.1, -0.05) is 79.6 Å². The van der Waals surface area contributed by atoms with Crippen LogP contribution < -0.4 is 4.74 Å². The molecule has 0 atom stereocenters. The molecular weight excluding hydrogens is 623 g/mol. The minimum absolute atomic E-state index is 0.00865. The van der Waals surface area contributed by atoms with Gasteiger partial charge in [-0.3, -0.25) is 4.79 Å². The molecule has 1 aliphatic rings. The average molecular weight is 660 g/mol. The molecule has 1 saturated carbocycles. The van der Waals surface area contributed by atoms with Crippen molar-refractivity contribution in [2.24, 2.45) is 5.41 Å². The number of carboxylic acid groups (broad SMARTS) is 1. The summed E-state index contributed by atoms with van der Waals surface area (Å²) in [5.74, 6) is 0.670. The van der Waals surface area contributed by atoms with Gasteiger partial charge in [0.1, 0.15) is 18.2 Å². The Morgan fingerprint density at radius 3 is 2.40 bits per heavy atom. The fraction of sp³-hybridized carbons (Fsp3) is 0.256. The third-order valence-electron chi connectivity index (χ3n) is 9.34. The minimum atomic E-state index is -3.11. The summed E-state index contributed by atoms with van der Waals surface area (Å²) >= 11 is 0. The zero-order chi connectivity index (χ0) is 33.3. The van der Waals surface area contributed by atoms with E-state index in [1.54, 1.807) is 0 Å². The first-order valence-corrected chi connectivity index (χ1v) is 18.3. The van der Waals surface area contributed by atoms with Gasteiger partial charge in [0.15, 0.2) is 9.84 Å². The predicted octanol–water partition coefficient (Wildman–Crippen LogP) is 7.61. The number of para-hydroxylation sites is 1. The van der Waals surface area contributed by atoms with Gasteiger partial charge in [-0.05, 0) is 65.4 Å². The van der Waals surface area contributed by atoms with Crippen LogP contribution in [0.25, 0.3) is 33.1 Å². The molecule has 0 amide bonds. The summed E-state index contributed by atoms with van der Waals surface area (Å²) in [7, 11) is -3.11. The molecule has 6 aromatic rings. The van der Waals surface area contributed by atoms with Crippen LogP contribution in [0.4, 0.5) is 0 Å². The summed E-state index contributed by atoms with van der Waals surface area (Å²) in [5, 5.41) is 11.4. The normalized spacial score (nSPS) is 14.4. The second-order valence-corrected chi connectivity index (χ2v) is 15.1. The summed E-state index contributed by atoms with van der Waals surface area (Å²) in [6.45, 7) is 0.830. The Kier molecular flexibility index (Phi) is 8.47. The van der Waals surface area contributed by atoms with E-state index in [1.807, 2.05) is 91.0 Å². The molecule has 0 unspecified atom stereocenters. The molecule has 0 aliphatic heterocycles. The van der Waals surface area contributed by atoms with Crippen molar-refractivity contribution in [2.75, 3.05) is 6.26 Å². The van der Waals surface area contributed by atoms with Gasteiger partial charge in [-0.15, -0.1) is 0 Å². The maximum atomic E-state index is 12.6. The highest BCUT2D eigenvalue weighted by molar-refractivity contribution is 7.89. The van der Waals surface area contributed by atoms with Crippen LogP contribution in [0.1, 0.15) is 48.3 Å². The van der Waals surface area contributed by atoms with Gasteiger partial charge < -0.3 is 14.4 Å². The average Bonchev–Trinajstić information content (AvgIpc) is 3.68. The van der Waals surface area contributed by atoms with Crippen molar-refractivity contribution in [3.8, 4) is 16.9 Å². The number of nitrogens with zero attached hydrogens (tertiary/aromatic N) is 3. The SMILES string of the molecule is CS(=O)(=O)Cc1ccc(-c2cccc(Cn3c(CC4(C(=O)O)CCCC4)nc4cc(OCc5ccc6ccccc6n5)ccc43)c2)cc1. The van der Waals surface area contributed by atoms with Crippen molar-refractivity contribution in [3.05, 3.63) is 126 Å². The van der Waals surface area contributed by atoms with Gasteiger partial charge in [-0.2, -0.15) is 0 Å². The highest BCUT2D eigenvalue weighted by Gasteiger charge is 2.42. The van der Waals surface area contributed by atoms with Crippen molar-refractivity contribution < 1.29 is 23.1 Å². The fourth-order valence-corrected chi connectivity index (χ4v) is 7.65. The number of imidazole rings is 1. The van der Waals surface area contributed by atoms with Gasteiger partial charge in [0.25, 0.3) is 0 Å². The van der Waals surface area contributed by atoms with Gasteiger partial charge in [0, 0.05) is 30.7 Å². The van der Waals surface area contributed by atoms with Crippen LogP contribution in [0, 0.1) is 5.41 Å². The highest BCUT2D eigenvalue weighted by atomic mass is 32.2. The van der Waals surface area contributed by atoms with E-state index in [0.717, 1.165) is 68.6 Å². The molecule has 9 heteroatoms. The first-order chi connectivity index (χ1) is 23.1. The second kappa shape index (κ2) is 12.9. The Labute approximate surface area is 280 Å². The van der Waals surface area contributed by atoms with Crippen LogP contribution in [0.5, 0.6) is 5.75 Å². The number of aromatic nitrogens is 3. The lowest BCUT2D eigenvalue weighted by Crippen LogP contribution is -2.31. The standard InChI is InChI=1S/C39H37N3O5S/c1-48(45,46)26-27-11-13-29(14-12-27)31-9-6-7-28(21-31)24-42-36-18-17-33(47-25-32-16-15-30-8-2-3-10-34(30)40-32)22-35(36)41-37(42)23-39(38(43)44)19-4-5-20-39/h2-3,6-18,21-22H,4-5,19-20,23-26H2,1H3,(H,43,44). The van der Waals surface area contributed by atoms with Crippen LogP contribution in [-0.2, 0) is 40.0 Å². The summed E-state index contributed by atoms with van der Waals surface area (Å²) in [5.41, 5.74) is 6.40. The zero-order valence-corrected chi connectivity index (χ0v) is 27.6. The van der Waals surface area contributed by atoms with Gasteiger partial charge in [0.2, 0.25) is 0 Å². The van der Waals surface area contributed by atoms with E-state index in [9.17, 15) is 18.3 Å². The van der Waals surface area contributed by atoms with E-state index in [-0.39, 0.29) is 5.75 Å². The molecule has 48 heavy (non-hydrogen) atoms. The number of rotatable bonds is 11. The molecule has 2 heterocycles. The number of sulfone groups is 1. The van der Waals surface area contributed by atoms with Crippen LogP contribution in [-0.4, -0.2) is 40.3 Å². The molecule has 4 aromatic carbocycles. The molecule has 8 nitrogen and oxygen atoms in total. The topological polar surface area (TPSA) is 111 Å². The molecule has 0 spiro atoms. The van der Waals surface area contributed by atoms with Crippen molar-refractivity contribution in [1.82, 2.24) is 14.5 Å². The fourth-order valence-electron chi connectivity index (χ4n) is 6.86. The van der Waals surface area contributed by atoms with Crippen LogP contribution in [0.15, 0.2) is 103 Å². The Hall–Kier alpha value is -5.02. The maximum absolute atomic E-state index is 12.6. The third-order valence-corrected chi connectivity index (χ3v) is 10.2. The minimum Gasteiger partial charge on any atom is -0.487 e. The largest absolute Gasteiger partial charge is 0.487 e. The second-order valence-electron chi connectivity index (χ2n) is 13.0. The van der Waals surface area contributed by atoms with Gasteiger partial charge >= 0.3 is 5.97 Å². The molecule has 2 aromatic heterocycles. The highest BCUT2D eigenvalue weighted by Crippen LogP contribution is 2.42. The number of ether oxygens (including phenoxy) is 1. The van der Waals surface area contributed by atoms with Crippen LogP contribution >= 0.6 is 0 Å².